The summed E-state index contributed by atoms with van der Waals surface area (Å²) in [7, 11) is 0. The van der Waals surface area contributed by atoms with Crippen LogP contribution in [0.1, 0.15) is 396 Å². The van der Waals surface area contributed by atoms with Crippen molar-refractivity contribution in [2.75, 3.05) is 13.1 Å². The van der Waals surface area contributed by atoms with Gasteiger partial charge < -0.3 is 9.80 Å². The Labute approximate surface area is 724 Å². The van der Waals surface area contributed by atoms with E-state index in [9.17, 15) is 0 Å². The highest BCUT2D eigenvalue weighted by molar-refractivity contribution is 7.30. The van der Waals surface area contributed by atoms with Gasteiger partial charge in [-0.1, -0.05) is 302 Å². The fourth-order valence-corrected chi connectivity index (χ4v) is 26.6. The van der Waals surface area contributed by atoms with E-state index in [4.69, 9.17) is 9.97 Å². The van der Waals surface area contributed by atoms with Gasteiger partial charge in [0, 0.05) is 69.4 Å². The Hall–Kier alpha value is -4.12. The molecular formula is C100H146N4O2S8. The maximum Gasteiger partial charge on any atom is 0.261 e. The van der Waals surface area contributed by atoms with Crippen molar-refractivity contribution < 1.29 is 9.59 Å². The first-order chi connectivity index (χ1) is 55.4. The summed E-state index contributed by atoms with van der Waals surface area (Å²) in [5.74, 6) is 0.755. The number of aromatic nitrogens is 2. The molecule has 114 heavy (non-hydrogen) atoms. The Morgan fingerprint density at radius 2 is 0.632 bits per heavy atom. The van der Waals surface area contributed by atoms with Gasteiger partial charge in [-0.2, -0.15) is 0 Å². The number of hydrogen-bond acceptors (Lipinski definition) is 12. The summed E-state index contributed by atoms with van der Waals surface area (Å²) >= 11 is 15.2. The predicted molar refractivity (Wildman–Crippen MR) is 511 cm³/mol. The van der Waals surface area contributed by atoms with Gasteiger partial charge in [0.15, 0.2) is 0 Å². The molecule has 2 unspecified atom stereocenters. The molecule has 10 heterocycles. The largest absolute Gasteiger partial charge is 0.306 e. The summed E-state index contributed by atoms with van der Waals surface area (Å²) in [6.45, 7) is 33.9. The number of hydrogen-bond donors (Lipinski definition) is 0. The van der Waals surface area contributed by atoms with E-state index in [2.05, 4.69) is 168 Å². The lowest BCUT2D eigenvalue weighted by Crippen LogP contribution is -2.34. The second-order valence-corrected chi connectivity index (χ2v) is 44.2. The predicted octanol–water partition coefficient (Wildman–Crippen LogP) is 34.5. The van der Waals surface area contributed by atoms with Crippen molar-refractivity contribution in [1.29, 1.82) is 0 Å². The molecule has 0 aliphatic carbocycles. The number of thiophene rings is 6. The number of unbranched alkanes of at least 4 members (excludes halogenated alkanes) is 28. The smallest absolute Gasteiger partial charge is 0.261 e. The highest BCUT2D eigenvalue weighted by Gasteiger charge is 2.50. The average molecular weight is 1690 g/mol. The lowest BCUT2D eigenvalue weighted by molar-refractivity contribution is -0.124. The molecule has 0 spiro atoms. The van der Waals surface area contributed by atoms with Crippen LogP contribution in [0.4, 0.5) is 0 Å². The minimum absolute atomic E-state index is 0.0295. The van der Waals surface area contributed by atoms with Crippen molar-refractivity contribution in [1.82, 2.24) is 19.8 Å². The minimum Gasteiger partial charge on any atom is -0.306 e. The normalized spacial score (nSPS) is 14.1. The van der Waals surface area contributed by atoms with Crippen LogP contribution in [0.15, 0.2) is 72.1 Å². The van der Waals surface area contributed by atoms with Crippen LogP contribution in [0, 0.1) is 11.8 Å². The molecule has 0 aromatic carbocycles. The van der Waals surface area contributed by atoms with Gasteiger partial charge >= 0.3 is 0 Å². The first-order valence-electron chi connectivity index (χ1n) is 46.1. The minimum atomic E-state index is 0.0295. The molecule has 0 radical (unpaired) electrons. The number of nitrogens with zero attached hydrogens (tertiary/aromatic N) is 4. The SMILES string of the molecule is CCCCCCCCC(CCCCCC)CN1C(=O)C2=C(c3ccc(-c4cc(CCCCCC)c(C(C)(C)C)s4)s3)N(CC(CCCCCC)CCCCCCCC)C(=O)C2=C1c1ccc(-c2cc(CCCCCC)c(-c3cnc(-c4cc(CCCCCC)c(-c5sc(-c6ncc(C(C)(C)C)s6)cc5CCCCCC)s4)s3)s2)s1. The van der Waals surface area contributed by atoms with E-state index in [1.807, 2.05) is 90.7 Å². The van der Waals surface area contributed by atoms with E-state index < -0.39 is 0 Å². The highest BCUT2D eigenvalue weighted by atomic mass is 32.1. The first kappa shape index (κ1) is 92.2. The summed E-state index contributed by atoms with van der Waals surface area (Å²) in [5.41, 5.74) is 9.02. The maximum atomic E-state index is 16.7. The van der Waals surface area contributed by atoms with Crippen LogP contribution in [0.3, 0.4) is 0 Å². The molecular weight excluding hydrogens is 1550 g/mol. The molecule has 626 valence electrons. The standard InChI is InChI=1S/C100H146N4O2S8/c1-15-23-31-39-41-45-53-71(51-43-33-25-17-3)69-103-89(87-88(98(103)106)90(104(97(87)105)70-72(52-44-34-26-18-4)54-46-42-40-32-24-16-2)80-62-60-78(108-80)82-66-76(58-50-38-30-22-8)94(112-82)100(12,13)14)79-61-59-77(107-79)81-63-73(55-47-35-27-19-5)91(109-81)85-67-101-95(113-85)83-64-74(56-48-36-28-20-6)92(110-83)93-75(57-49-37-29-21-7)65-84(111-93)96-102-68-86(114-96)99(9,10)11/h59-68,71-72H,15-58,69-70H2,1-14H3. The summed E-state index contributed by atoms with van der Waals surface area (Å²) < 4.78 is 0. The Bertz CT molecular complexity index is 4260. The lowest BCUT2D eigenvalue weighted by Gasteiger charge is -2.29. The van der Waals surface area contributed by atoms with Crippen molar-refractivity contribution in [2.24, 2.45) is 11.8 Å². The summed E-state index contributed by atoms with van der Waals surface area (Å²) in [5, 5.41) is 2.26. The Morgan fingerprint density at radius 3 is 1.04 bits per heavy atom. The Kier molecular flexibility index (Phi) is 38.1. The van der Waals surface area contributed by atoms with Crippen molar-refractivity contribution in [3.05, 3.63) is 114 Å². The molecule has 0 saturated heterocycles. The zero-order chi connectivity index (χ0) is 81.0. The van der Waals surface area contributed by atoms with Gasteiger partial charge in [-0.05, 0) is 171 Å². The lowest BCUT2D eigenvalue weighted by atomic mass is 9.90. The molecule has 0 fully saturated rings. The number of carbonyl (C=O) groups excluding carboxylic acids is 2. The van der Waals surface area contributed by atoms with Gasteiger partial charge in [-0.25, -0.2) is 9.97 Å². The topological polar surface area (TPSA) is 66.4 Å². The van der Waals surface area contributed by atoms with Crippen molar-refractivity contribution >= 4 is 114 Å². The van der Waals surface area contributed by atoms with Crippen molar-refractivity contribution in [3.63, 3.8) is 0 Å². The van der Waals surface area contributed by atoms with E-state index in [0.717, 1.165) is 89.0 Å². The first-order valence-corrected chi connectivity index (χ1v) is 52.7. The molecule has 14 heteroatoms. The summed E-state index contributed by atoms with van der Waals surface area (Å²) in [6.07, 6.45) is 57.4. The van der Waals surface area contributed by atoms with E-state index in [-0.39, 0.29) is 22.6 Å². The molecule has 8 aromatic rings. The van der Waals surface area contributed by atoms with Crippen LogP contribution in [0.2, 0.25) is 0 Å². The van der Waals surface area contributed by atoms with E-state index in [0.29, 0.717) is 36.1 Å². The zero-order valence-corrected chi connectivity index (χ0v) is 79.9. The third-order valence-electron chi connectivity index (χ3n) is 23.8. The number of carbonyl (C=O) groups is 2. The van der Waals surface area contributed by atoms with Crippen molar-refractivity contribution in [3.8, 4) is 58.8 Å². The zero-order valence-electron chi connectivity index (χ0n) is 73.3. The molecule has 0 bridgehead atoms. The van der Waals surface area contributed by atoms with Crippen LogP contribution in [0.25, 0.3) is 70.2 Å². The van der Waals surface area contributed by atoms with Crippen LogP contribution in [-0.2, 0) is 46.1 Å². The van der Waals surface area contributed by atoms with Crippen LogP contribution >= 0.6 is 90.7 Å². The van der Waals surface area contributed by atoms with E-state index in [1.54, 1.807) is 0 Å². The molecule has 0 saturated carbocycles. The molecule has 2 amide bonds. The molecule has 8 aromatic heterocycles. The maximum absolute atomic E-state index is 16.7. The van der Waals surface area contributed by atoms with Gasteiger partial charge in [-0.3, -0.25) is 9.59 Å². The number of amides is 2. The monoisotopic (exact) mass is 1690 g/mol. The number of rotatable bonds is 56. The summed E-state index contributed by atoms with van der Waals surface area (Å²) in [4.78, 5) is 66.3. The third-order valence-corrected chi connectivity index (χ3v) is 34.6. The van der Waals surface area contributed by atoms with Crippen LogP contribution in [0.5, 0.6) is 0 Å². The van der Waals surface area contributed by atoms with Gasteiger partial charge in [0.2, 0.25) is 0 Å². The molecule has 2 aliphatic rings. The van der Waals surface area contributed by atoms with Gasteiger partial charge in [-0.15, -0.1) is 90.7 Å². The van der Waals surface area contributed by atoms with Crippen LogP contribution in [-0.4, -0.2) is 44.7 Å². The molecule has 10 rings (SSSR count). The fourth-order valence-electron chi connectivity index (χ4n) is 17.1. The molecule has 0 N–H and O–H groups in total. The van der Waals surface area contributed by atoms with Gasteiger partial charge in [0.25, 0.3) is 11.8 Å². The number of aryl methyl sites for hydroxylation is 4. The molecule has 2 aliphatic heterocycles. The summed E-state index contributed by atoms with van der Waals surface area (Å²) in [6, 6.07) is 19.3. The fraction of sp³-hybridized carbons (Fsp3) is 0.640. The highest BCUT2D eigenvalue weighted by Crippen LogP contribution is 2.55. The molecule has 2 atom stereocenters. The second-order valence-electron chi connectivity index (χ2n) is 35.8. The molecule has 6 nitrogen and oxygen atoms in total. The number of thiazole rings is 2. The Morgan fingerprint density at radius 1 is 0.307 bits per heavy atom. The van der Waals surface area contributed by atoms with E-state index >= 15 is 9.59 Å². The van der Waals surface area contributed by atoms with Crippen LogP contribution < -0.4 is 0 Å². The average Bonchev–Trinajstić information content (AvgIpc) is 1.55. The van der Waals surface area contributed by atoms with E-state index in [1.165, 1.54) is 306 Å². The van der Waals surface area contributed by atoms with Gasteiger partial charge in [0.1, 0.15) is 10.0 Å². The number of fused-ring (bicyclic) bond motifs is 1. The second kappa shape index (κ2) is 47.2. The quantitative estimate of drug-likeness (QED) is 0.0356. The third kappa shape index (κ3) is 25.5. The van der Waals surface area contributed by atoms with Gasteiger partial charge in [0.05, 0.1) is 46.9 Å². The Balaban J connectivity index is 1.08. The van der Waals surface area contributed by atoms with Crippen molar-refractivity contribution in [2.45, 2.75) is 390 Å².